The molecule has 6 nitrogen and oxygen atoms in total. The molecule has 0 unspecified atom stereocenters. The number of hydrogen-bond donors (Lipinski definition) is 1. The Kier molecular flexibility index (Phi) is 3.44. The fourth-order valence-electron chi connectivity index (χ4n) is 2.75. The molecular formula is C16H19N5O. The summed E-state index contributed by atoms with van der Waals surface area (Å²) in [6.07, 6.45) is 1.62. The van der Waals surface area contributed by atoms with Gasteiger partial charge in [-0.25, -0.2) is 0 Å². The van der Waals surface area contributed by atoms with E-state index in [0.717, 1.165) is 22.3 Å². The Balaban J connectivity index is 1.91. The highest BCUT2D eigenvalue weighted by atomic mass is 16.2. The molecule has 3 rings (SSSR count). The van der Waals surface area contributed by atoms with Crippen LogP contribution in [0.4, 0.5) is 0 Å². The number of hydrogen-bond acceptors (Lipinski definition) is 3. The van der Waals surface area contributed by atoms with Crippen LogP contribution in [0.15, 0.2) is 30.6 Å². The summed E-state index contributed by atoms with van der Waals surface area (Å²) in [7, 11) is 3.77. The zero-order valence-electron chi connectivity index (χ0n) is 13.2. The van der Waals surface area contributed by atoms with Crippen molar-refractivity contribution >= 4 is 16.8 Å². The van der Waals surface area contributed by atoms with Crippen LogP contribution in [-0.2, 0) is 14.1 Å². The molecule has 1 atom stereocenters. The quantitative estimate of drug-likeness (QED) is 0.805. The van der Waals surface area contributed by atoms with Gasteiger partial charge in [0.15, 0.2) is 5.82 Å². The molecule has 0 radical (unpaired) electrons. The first-order valence-corrected chi connectivity index (χ1v) is 7.19. The summed E-state index contributed by atoms with van der Waals surface area (Å²) in [5.74, 6) is 0.608. The van der Waals surface area contributed by atoms with Crippen molar-refractivity contribution in [3.63, 3.8) is 0 Å². The number of rotatable bonds is 3. The van der Waals surface area contributed by atoms with Crippen LogP contribution < -0.4 is 5.32 Å². The van der Waals surface area contributed by atoms with Gasteiger partial charge in [0.25, 0.3) is 5.91 Å². The first kappa shape index (κ1) is 14.3. The second kappa shape index (κ2) is 5.29. The first-order chi connectivity index (χ1) is 10.5. The minimum absolute atomic E-state index is 0.117. The smallest absolute Gasteiger partial charge is 0.268 e. The molecule has 0 aliphatic heterocycles. The van der Waals surface area contributed by atoms with Crippen LogP contribution in [0.2, 0.25) is 0 Å². The maximum Gasteiger partial charge on any atom is 0.268 e. The molecule has 0 aliphatic carbocycles. The predicted octanol–water partition coefficient (Wildman–Crippen LogP) is 2.11. The summed E-state index contributed by atoms with van der Waals surface area (Å²) in [4.78, 5) is 12.6. The molecule has 1 amide bonds. The maximum absolute atomic E-state index is 12.6. The molecule has 0 spiro atoms. The normalized spacial score (nSPS) is 12.5. The van der Waals surface area contributed by atoms with Crippen molar-refractivity contribution in [2.24, 2.45) is 14.1 Å². The number of nitrogens with one attached hydrogen (secondary N) is 1. The van der Waals surface area contributed by atoms with Crippen LogP contribution in [0.3, 0.4) is 0 Å². The zero-order valence-corrected chi connectivity index (χ0v) is 13.2. The van der Waals surface area contributed by atoms with Crippen LogP contribution in [0, 0.1) is 6.92 Å². The van der Waals surface area contributed by atoms with Gasteiger partial charge in [-0.15, -0.1) is 10.2 Å². The number of fused-ring (bicyclic) bond motifs is 1. The van der Waals surface area contributed by atoms with E-state index in [1.807, 2.05) is 56.8 Å². The average molecular weight is 297 g/mol. The van der Waals surface area contributed by atoms with Gasteiger partial charge >= 0.3 is 0 Å². The lowest BCUT2D eigenvalue weighted by molar-refractivity contribution is 0.0930. The van der Waals surface area contributed by atoms with E-state index in [9.17, 15) is 4.79 Å². The van der Waals surface area contributed by atoms with Crippen molar-refractivity contribution in [2.45, 2.75) is 19.9 Å². The van der Waals surface area contributed by atoms with Crippen LogP contribution in [0.5, 0.6) is 0 Å². The van der Waals surface area contributed by atoms with Crippen molar-refractivity contribution in [3.05, 3.63) is 47.7 Å². The third-order valence-electron chi connectivity index (χ3n) is 4.02. The largest absolute Gasteiger partial charge is 0.341 e. The number of amides is 1. The minimum Gasteiger partial charge on any atom is -0.341 e. The second-order valence-electron chi connectivity index (χ2n) is 5.59. The average Bonchev–Trinajstić information content (AvgIpc) is 3.04. The van der Waals surface area contributed by atoms with E-state index in [1.165, 1.54) is 0 Å². The van der Waals surface area contributed by atoms with Crippen molar-refractivity contribution in [3.8, 4) is 0 Å². The second-order valence-corrected chi connectivity index (χ2v) is 5.59. The van der Waals surface area contributed by atoms with E-state index in [2.05, 4.69) is 15.5 Å². The molecule has 2 aromatic heterocycles. The number of aromatic nitrogens is 4. The molecule has 0 bridgehead atoms. The number of nitrogens with zero attached hydrogens (tertiary/aromatic N) is 4. The van der Waals surface area contributed by atoms with Gasteiger partial charge in [-0.05, 0) is 31.5 Å². The van der Waals surface area contributed by atoms with Gasteiger partial charge < -0.3 is 14.5 Å². The molecule has 3 aromatic rings. The van der Waals surface area contributed by atoms with E-state index in [0.29, 0.717) is 5.69 Å². The van der Waals surface area contributed by atoms with Crippen LogP contribution in [0.1, 0.15) is 34.8 Å². The fourth-order valence-corrected chi connectivity index (χ4v) is 2.75. The van der Waals surface area contributed by atoms with E-state index >= 15 is 0 Å². The van der Waals surface area contributed by atoms with Gasteiger partial charge in [0.05, 0.1) is 6.04 Å². The molecule has 0 fully saturated rings. The van der Waals surface area contributed by atoms with E-state index in [1.54, 1.807) is 10.9 Å². The van der Waals surface area contributed by atoms with Gasteiger partial charge in [0.1, 0.15) is 12.0 Å². The van der Waals surface area contributed by atoms with E-state index in [4.69, 9.17) is 0 Å². The summed E-state index contributed by atoms with van der Waals surface area (Å²) in [5.41, 5.74) is 2.85. The Morgan fingerprint density at radius 2 is 2.09 bits per heavy atom. The molecule has 22 heavy (non-hydrogen) atoms. The maximum atomic E-state index is 12.6. The van der Waals surface area contributed by atoms with E-state index < -0.39 is 0 Å². The summed E-state index contributed by atoms with van der Waals surface area (Å²) in [6.45, 7) is 3.95. The number of benzene rings is 1. The van der Waals surface area contributed by atoms with Gasteiger partial charge in [0, 0.05) is 25.0 Å². The molecule has 1 N–H and O–H groups in total. The van der Waals surface area contributed by atoms with Crippen LogP contribution in [-0.4, -0.2) is 25.2 Å². The van der Waals surface area contributed by atoms with Crippen molar-refractivity contribution in [1.82, 2.24) is 24.6 Å². The third kappa shape index (κ3) is 2.26. The molecule has 0 saturated heterocycles. The highest BCUT2D eigenvalue weighted by Gasteiger charge is 2.19. The predicted molar refractivity (Wildman–Crippen MR) is 84.5 cm³/mol. The number of carbonyl (C=O) groups excluding carboxylic acids is 1. The summed E-state index contributed by atoms with van der Waals surface area (Å²) >= 11 is 0. The Hall–Kier alpha value is -2.63. The first-order valence-electron chi connectivity index (χ1n) is 7.19. The standard InChI is InChI=1S/C16H19N5O/c1-10-6-5-7-13-12(10)8-14(21(13)4)16(22)18-11(2)15-19-17-9-20(15)3/h5-9,11H,1-4H3,(H,18,22)/t11-/m1/s1. The van der Waals surface area contributed by atoms with Gasteiger partial charge in [0.2, 0.25) is 0 Å². The minimum atomic E-state index is -0.209. The Labute approximate surface area is 128 Å². The molecule has 0 saturated carbocycles. The topological polar surface area (TPSA) is 64.7 Å². The Morgan fingerprint density at radius 1 is 1.32 bits per heavy atom. The third-order valence-corrected chi connectivity index (χ3v) is 4.02. The SMILES string of the molecule is Cc1cccc2c1cc(C(=O)N[C@H](C)c1nncn1C)n2C. The zero-order chi connectivity index (χ0) is 15.9. The van der Waals surface area contributed by atoms with Crippen molar-refractivity contribution < 1.29 is 4.79 Å². The van der Waals surface area contributed by atoms with Crippen LogP contribution in [0.25, 0.3) is 10.9 Å². The monoisotopic (exact) mass is 297 g/mol. The molecule has 0 aliphatic rings. The summed E-state index contributed by atoms with van der Waals surface area (Å²) < 4.78 is 3.72. The molecule has 6 heteroatoms. The van der Waals surface area contributed by atoms with Gasteiger partial charge in [-0.1, -0.05) is 12.1 Å². The van der Waals surface area contributed by atoms with Gasteiger partial charge in [-0.2, -0.15) is 0 Å². The number of carbonyl (C=O) groups is 1. The molecule has 2 heterocycles. The summed E-state index contributed by atoms with van der Waals surface area (Å²) in [6, 6.07) is 7.79. The van der Waals surface area contributed by atoms with E-state index in [-0.39, 0.29) is 11.9 Å². The van der Waals surface area contributed by atoms with Crippen LogP contribution >= 0.6 is 0 Å². The number of aryl methyl sites for hydroxylation is 3. The lowest BCUT2D eigenvalue weighted by Crippen LogP contribution is -2.29. The molecule has 114 valence electrons. The highest BCUT2D eigenvalue weighted by Crippen LogP contribution is 2.22. The fraction of sp³-hybridized carbons (Fsp3) is 0.312. The van der Waals surface area contributed by atoms with Crippen molar-refractivity contribution in [2.75, 3.05) is 0 Å². The lowest BCUT2D eigenvalue weighted by atomic mass is 10.1. The highest BCUT2D eigenvalue weighted by molar-refractivity contribution is 5.99. The van der Waals surface area contributed by atoms with Crippen molar-refractivity contribution in [1.29, 1.82) is 0 Å². The Bertz CT molecular complexity index is 845. The Morgan fingerprint density at radius 3 is 2.73 bits per heavy atom. The summed E-state index contributed by atoms with van der Waals surface area (Å²) in [5, 5.41) is 12.0. The molecular weight excluding hydrogens is 278 g/mol. The molecule has 1 aromatic carbocycles. The van der Waals surface area contributed by atoms with Gasteiger partial charge in [-0.3, -0.25) is 4.79 Å². The lowest BCUT2D eigenvalue weighted by Gasteiger charge is -2.13.